The third kappa shape index (κ3) is 4.76. The fraction of sp³-hybridized carbons (Fsp3) is 0.364. The van der Waals surface area contributed by atoms with Crippen molar-refractivity contribution in [3.8, 4) is 17.2 Å². The first-order valence-electron chi connectivity index (χ1n) is 9.31. The van der Waals surface area contributed by atoms with Gasteiger partial charge in [0.2, 0.25) is 11.8 Å². The summed E-state index contributed by atoms with van der Waals surface area (Å²) in [5, 5.41) is 11.1. The van der Waals surface area contributed by atoms with E-state index in [4.69, 9.17) is 5.26 Å². The number of rotatable bonds is 5. The molecule has 7 heteroatoms. The molecule has 1 N–H and O–H groups in total. The molecule has 0 saturated heterocycles. The Morgan fingerprint density at radius 2 is 2.03 bits per heavy atom. The van der Waals surface area contributed by atoms with E-state index in [0.29, 0.717) is 16.7 Å². The summed E-state index contributed by atoms with van der Waals surface area (Å²) in [6, 6.07) is 13.8. The second-order valence-electron chi connectivity index (χ2n) is 7.12. The van der Waals surface area contributed by atoms with E-state index >= 15 is 0 Å². The zero-order valence-corrected chi connectivity index (χ0v) is 16.7. The summed E-state index contributed by atoms with van der Waals surface area (Å²) in [5.74, 6) is -5.36. The van der Waals surface area contributed by atoms with Crippen LogP contribution >= 0.6 is 11.8 Å². The molecule has 1 fully saturated rings. The number of benzene rings is 2. The maximum Gasteiger partial charge on any atom is 0.249 e. The lowest BCUT2D eigenvalue weighted by Crippen LogP contribution is -2.41. The maximum absolute atomic E-state index is 14.8. The van der Waals surface area contributed by atoms with Crippen molar-refractivity contribution in [1.29, 1.82) is 5.26 Å². The molecule has 3 nitrogen and oxygen atoms in total. The lowest BCUT2D eigenvalue weighted by atomic mass is 9.71. The number of thioether (sulfide) groups is 1. The maximum atomic E-state index is 14.8. The second-order valence-corrected chi connectivity index (χ2v) is 8.00. The highest BCUT2D eigenvalue weighted by molar-refractivity contribution is 7.98. The number of hydrogen-bond donors (Lipinski definition) is 1. The van der Waals surface area contributed by atoms with Crippen molar-refractivity contribution < 1.29 is 18.0 Å². The minimum absolute atomic E-state index is 0.110. The molecule has 152 valence electrons. The average Bonchev–Trinajstić information content (AvgIpc) is 2.71. The monoisotopic (exact) mass is 418 g/mol. The minimum Gasteiger partial charge on any atom is -0.343 e. The van der Waals surface area contributed by atoms with Crippen molar-refractivity contribution in [2.45, 2.75) is 36.0 Å². The third-order valence-electron chi connectivity index (χ3n) is 5.33. The van der Waals surface area contributed by atoms with Gasteiger partial charge in [0, 0.05) is 23.3 Å². The molecule has 2 aromatic rings. The molecule has 0 radical (unpaired) electrons. The summed E-state index contributed by atoms with van der Waals surface area (Å²) in [5.41, 5.74) is 1.66. The molecule has 0 spiro atoms. The van der Waals surface area contributed by atoms with E-state index in [1.165, 1.54) is 17.8 Å². The zero-order chi connectivity index (χ0) is 21.0. The highest BCUT2D eigenvalue weighted by atomic mass is 32.2. The highest BCUT2D eigenvalue weighted by Crippen LogP contribution is 2.47. The summed E-state index contributed by atoms with van der Waals surface area (Å²) in [7, 11) is 0. The lowest BCUT2D eigenvalue weighted by Gasteiger charge is -2.36. The number of nitriles is 1. The number of carbonyl (C=O) groups excluding carboxylic acids is 1. The zero-order valence-electron chi connectivity index (χ0n) is 15.9. The van der Waals surface area contributed by atoms with Crippen LogP contribution in [-0.4, -0.2) is 24.6 Å². The molecule has 1 aliphatic rings. The van der Waals surface area contributed by atoms with Crippen molar-refractivity contribution in [2.75, 3.05) is 12.8 Å². The number of nitrogens with zero attached hydrogens (tertiary/aromatic N) is 1. The van der Waals surface area contributed by atoms with Gasteiger partial charge in [0.25, 0.3) is 0 Å². The summed E-state index contributed by atoms with van der Waals surface area (Å²) in [6.07, 6.45) is 1.05. The van der Waals surface area contributed by atoms with Gasteiger partial charge in [-0.2, -0.15) is 5.26 Å². The molecule has 2 aromatic carbocycles. The standard InChI is InChI=1S/C22H21F3N2OS/c1-29-14-6-7-18(20(23)12-14)16-5-3-2-4-15(16)17-8-9-22(24,25)13-19(17)21(28)27-11-10-26/h2-7,12,17,19H,8-9,11,13H2,1H3,(H,27,28). The summed E-state index contributed by atoms with van der Waals surface area (Å²) >= 11 is 1.43. The van der Waals surface area contributed by atoms with E-state index in [0.717, 1.165) is 4.90 Å². The number of carbonyl (C=O) groups is 1. The fourth-order valence-corrected chi connectivity index (χ4v) is 4.37. The molecular formula is C22H21F3N2OS. The number of alkyl halides is 2. The van der Waals surface area contributed by atoms with Gasteiger partial charge in [-0.15, -0.1) is 11.8 Å². The van der Waals surface area contributed by atoms with Crippen molar-refractivity contribution in [1.82, 2.24) is 5.32 Å². The van der Waals surface area contributed by atoms with Crippen LogP contribution in [0.1, 0.15) is 30.7 Å². The van der Waals surface area contributed by atoms with Gasteiger partial charge in [-0.3, -0.25) is 4.79 Å². The van der Waals surface area contributed by atoms with Crippen LogP contribution in [0.25, 0.3) is 11.1 Å². The van der Waals surface area contributed by atoms with Crippen LogP contribution in [0.5, 0.6) is 0 Å². The van der Waals surface area contributed by atoms with Crippen molar-refractivity contribution >= 4 is 17.7 Å². The molecule has 0 aliphatic heterocycles. The van der Waals surface area contributed by atoms with Crippen LogP contribution < -0.4 is 5.32 Å². The van der Waals surface area contributed by atoms with Gasteiger partial charge in [-0.1, -0.05) is 30.3 Å². The van der Waals surface area contributed by atoms with Crippen molar-refractivity contribution in [2.24, 2.45) is 5.92 Å². The fourth-order valence-electron chi connectivity index (χ4n) is 3.95. The summed E-state index contributed by atoms with van der Waals surface area (Å²) in [6.45, 7) is -0.236. The van der Waals surface area contributed by atoms with Gasteiger partial charge in [0.1, 0.15) is 12.4 Å². The van der Waals surface area contributed by atoms with Crippen molar-refractivity contribution in [3.05, 3.63) is 53.8 Å². The summed E-state index contributed by atoms with van der Waals surface area (Å²) < 4.78 is 42.9. The molecular weight excluding hydrogens is 397 g/mol. The third-order valence-corrected chi connectivity index (χ3v) is 6.06. The number of hydrogen-bond acceptors (Lipinski definition) is 3. The van der Waals surface area contributed by atoms with E-state index < -0.39 is 35.9 Å². The van der Waals surface area contributed by atoms with Gasteiger partial charge in [-0.05, 0) is 41.9 Å². The SMILES string of the molecule is CSc1ccc(-c2ccccc2C2CCC(F)(F)CC2C(=O)NCC#N)c(F)c1. The van der Waals surface area contributed by atoms with Gasteiger partial charge < -0.3 is 5.32 Å². The quantitative estimate of drug-likeness (QED) is 0.524. The molecule has 0 heterocycles. The first kappa shape index (κ1) is 21.3. The Kier molecular flexibility index (Phi) is 6.53. The minimum atomic E-state index is -2.94. The van der Waals surface area contributed by atoms with E-state index in [-0.39, 0.29) is 19.4 Å². The van der Waals surface area contributed by atoms with Gasteiger partial charge >= 0.3 is 0 Å². The largest absolute Gasteiger partial charge is 0.343 e. The van der Waals surface area contributed by atoms with Crippen LogP contribution in [0.15, 0.2) is 47.4 Å². The topological polar surface area (TPSA) is 52.9 Å². The summed E-state index contributed by atoms with van der Waals surface area (Å²) in [4.78, 5) is 13.3. The first-order chi connectivity index (χ1) is 13.9. The van der Waals surface area contributed by atoms with Gasteiger partial charge in [0.05, 0.1) is 12.0 Å². The van der Waals surface area contributed by atoms with Gasteiger partial charge in [0.15, 0.2) is 0 Å². The Bertz CT molecular complexity index is 942. The second kappa shape index (κ2) is 8.91. The van der Waals surface area contributed by atoms with E-state index in [2.05, 4.69) is 5.32 Å². The lowest BCUT2D eigenvalue weighted by molar-refractivity contribution is -0.133. The molecule has 1 saturated carbocycles. The smallest absolute Gasteiger partial charge is 0.249 e. The van der Waals surface area contributed by atoms with Crippen LogP contribution in [0.4, 0.5) is 13.2 Å². The molecule has 2 unspecified atom stereocenters. The molecule has 0 aromatic heterocycles. The predicted molar refractivity (Wildman–Crippen MR) is 107 cm³/mol. The Labute approximate surface area is 172 Å². The molecule has 1 amide bonds. The normalized spacial score (nSPS) is 20.7. The average molecular weight is 418 g/mol. The molecule has 29 heavy (non-hydrogen) atoms. The Hall–Kier alpha value is -2.46. The van der Waals surface area contributed by atoms with E-state index in [9.17, 15) is 18.0 Å². The Balaban J connectivity index is 2.03. The van der Waals surface area contributed by atoms with Crippen LogP contribution in [0.2, 0.25) is 0 Å². The van der Waals surface area contributed by atoms with Crippen LogP contribution in [-0.2, 0) is 4.79 Å². The molecule has 2 atom stereocenters. The molecule has 3 rings (SSSR count). The Morgan fingerprint density at radius 3 is 2.72 bits per heavy atom. The molecule has 0 bridgehead atoms. The molecule has 1 aliphatic carbocycles. The predicted octanol–water partition coefficient (Wildman–Crippen LogP) is 5.37. The van der Waals surface area contributed by atoms with Gasteiger partial charge in [-0.25, -0.2) is 13.2 Å². The van der Waals surface area contributed by atoms with Crippen LogP contribution in [0, 0.1) is 23.1 Å². The highest BCUT2D eigenvalue weighted by Gasteiger charge is 2.45. The first-order valence-corrected chi connectivity index (χ1v) is 10.5. The van der Waals surface area contributed by atoms with Crippen LogP contribution in [0.3, 0.4) is 0 Å². The van der Waals surface area contributed by atoms with E-state index in [1.54, 1.807) is 36.4 Å². The number of nitrogens with one attached hydrogen (secondary N) is 1. The van der Waals surface area contributed by atoms with Crippen molar-refractivity contribution in [3.63, 3.8) is 0 Å². The number of amides is 1. The number of halogens is 3. The van der Waals surface area contributed by atoms with E-state index in [1.807, 2.05) is 12.3 Å². The Morgan fingerprint density at radius 1 is 1.28 bits per heavy atom.